The number of nitrogens with one attached hydrogen (secondary N) is 1. The zero-order valence-corrected chi connectivity index (χ0v) is 7.20. The Morgan fingerprint density at radius 1 is 1.83 bits per heavy atom. The van der Waals surface area contributed by atoms with Crippen LogP contribution in [-0.2, 0) is 4.74 Å². The standard InChI is InChI=1S/C8H12N2O2/c1-3-6(2)12-8(11)7-9-4-5-10-7/h4-6H,3H2,1-2H3,(H,9,10). The number of aromatic nitrogens is 2. The molecule has 4 nitrogen and oxygen atoms in total. The predicted octanol–water partition coefficient (Wildman–Crippen LogP) is 1.36. The number of carbonyl (C=O) groups is 1. The summed E-state index contributed by atoms with van der Waals surface area (Å²) in [6.45, 7) is 3.81. The number of H-pyrrole nitrogens is 1. The molecule has 0 fully saturated rings. The molecule has 1 heterocycles. The van der Waals surface area contributed by atoms with Gasteiger partial charge in [-0.25, -0.2) is 9.78 Å². The Morgan fingerprint density at radius 3 is 3.08 bits per heavy atom. The third-order valence-corrected chi connectivity index (χ3v) is 1.57. The third-order valence-electron chi connectivity index (χ3n) is 1.57. The van der Waals surface area contributed by atoms with Gasteiger partial charge >= 0.3 is 5.97 Å². The van der Waals surface area contributed by atoms with Crippen LogP contribution >= 0.6 is 0 Å². The molecule has 12 heavy (non-hydrogen) atoms. The molecular weight excluding hydrogens is 156 g/mol. The zero-order valence-electron chi connectivity index (χ0n) is 7.20. The number of esters is 1. The van der Waals surface area contributed by atoms with E-state index in [1.165, 1.54) is 6.20 Å². The lowest BCUT2D eigenvalue weighted by Crippen LogP contribution is -2.15. The highest BCUT2D eigenvalue weighted by Gasteiger charge is 2.11. The van der Waals surface area contributed by atoms with Gasteiger partial charge in [-0.1, -0.05) is 6.92 Å². The average molecular weight is 168 g/mol. The molecule has 1 aromatic heterocycles. The maximum atomic E-state index is 11.2. The number of hydrogen-bond donors (Lipinski definition) is 1. The summed E-state index contributed by atoms with van der Waals surface area (Å²) in [5.41, 5.74) is 0. The lowest BCUT2D eigenvalue weighted by molar-refractivity contribution is 0.0321. The first-order chi connectivity index (χ1) is 5.74. The van der Waals surface area contributed by atoms with E-state index < -0.39 is 5.97 Å². The van der Waals surface area contributed by atoms with E-state index in [-0.39, 0.29) is 11.9 Å². The molecule has 0 amide bonds. The van der Waals surface area contributed by atoms with Gasteiger partial charge in [0.05, 0.1) is 6.10 Å². The zero-order chi connectivity index (χ0) is 8.97. The van der Waals surface area contributed by atoms with Gasteiger partial charge in [0.25, 0.3) is 0 Å². The topological polar surface area (TPSA) is 55.0 Å². The number of ether oxygens (including phenoxy) is 1. The van der Waals surface area contributed by atoms with Gasteiger partial charge in [-0.05, 0) is 13.3 Å². The van der Waals surface area contributed by atoms with Crippen LogP contribution in [0.2, 0.25) is 0 Å². The Kier molecular flexibility index (Phi) is 2.85. The molecule has 1 unspecified atom stereocenters. The predicted molar refractivity (Wildman–Crippen MR) is 43.8 cm³/mol. The van der Waals surface area contributed by atoms with Gasteiger partial charge in [0, 0.05) is 12.4 Å². The summed E-state index contributed by atoms with van der Waals surface area (Å²) in [5.74, 6) is -0.135. The highest BCUT2D eigenvalue weighted by molar-refractivity contribution is 5.85. The summed E-state index contributed by atoms with van der Waals surface area (Å²) < 4.78 is 5.01. The molecule has 0 saturated heterocycles. The molecule has 0 aliphatic carbocycles. The summed E-state index contributed by atoms with van der Waals surface area (Å²) in [4.78, 5) is 17.6. The summed E-state index contributed by atoms with van der Waals surface area (Å²) in [6, 6.07) is 0. The summed E-state index contributed by atoms with van der Waals surface area (Å²) >= 11 is 0. The Labute approximate surface area is 71.0 Å². The van der Waals surface area contributed by atoms with Crippen LogP contribution in [0.3, 0.4) is 0 Å². The first-order valence-electron chi connectivity index (χ1n) is 3.94. The molecule has 0 saturated carbocycles. The number of carbonyl (C=O) groups excluding carboxylic acids is 1. The molecule has 66 valence electrons. The van der Waals surface area contributed by atoms with E-state index in [4.69, 9.17) is 4.74 Å². The molecule has 1 N–H and O–H groups in total. The largest absolute Gasteiger partial charge is 0.457 e. The molecule has 0 aliphatic rings. The number of aromatic amines is 1. The van der Waals surface area contributed by atoms with Crippen LogP contribution in [0.5, 0.6) is 0 Å². The van der Waals surface area contributed by atoms with Crippen LogP contribution in [0.15, 0.2) is 12.4 Å². The highest BCUT2D eigenvalue weighted by Crippen LogP contribution is 2.00. The molecule has 4 heteroatoms. The SMILES string of the molecule is CCC(C)OC(=O)c1ncc[nH]1. The van der Waals surface area contributed by atoms with Crippen LogP contribution in [0.1, 0.15) is 30.9 Å². The average Bonchev–Trinajstić information content (AvgIpc) is 2.56. The first-order valence-corrected chi connectivity index (χ1v) is 3.94. The van der Waals surface area contributed by atoms with Gasteiger partial charge < -0.3 is 9.72 Å². The van der Waals surface area contributed by atoms with Gasteiger partial charge in [-0.15, -0.1) is 0 Å². The Balaban J connectivity index is 2.50. The first kappa shape index (κ1) is 8.77. The number of hydrogen-bond acceptors (Lipinski definition) is 3. The Hall–Kier alpha value is -1.32. The summed E-state index contributed by atoms with van der Waals surface area (Å²) in [6.07, 6.45) is 3.87. The molecule has 0 spiro atoms. The van der Waals surface area contributed by atoms with Crippen molar-refractivity contribution in [3.63, 3.8) is 0 Å². The van der Waals surface area contributed by atoms with Crippen molar-refractivity contribution in [3.05, 3.63) is 18.2 Å². The molecule has 1 aromatic rings. The van der Waals surface area contributed by atoms with E-state index in [0.29, 0.717) is 0 Å². The van der Waals surface area contributed by atoms with Gasteiger partial charge in [0.2, 0.25) is 5.82 Å². The maximum absolute atomic E-state index is 11.2. The van der Waals surface area contributed by atoms with Crippen molar-refractivity contribution in [3.8, 4) is 0 Å². The fourth-order valence-electron chi connectivity index (χ4n) is 0.699. The second-order valence-electron chi connectivity index (χ2n) is 2.56. The minimum absolute atomic E-state index is 0.0531. The third kappa shape index (κ3) is 2.08. The van der Waals surface area contributed by atoms with E-state index in [2.05, 4.69) is 9.97 Å². The minimum atomic E-state index is -0.394. The lowest BCUT2D eigenvalue weighted by Gasteiger charge is -2.08. The lowest BCUT2D eigenvalue weighted by atomic mass is 10.3. The molecule has 1 atom stereocenters. The second kappa shape index (κ2) is 3.90. The molecular formula is C8H12N2O2. The quantitative estimate of drug-likeness (QED) is 0.693. The fourth-order valence-corrected chi connectivity index (χ4v) is 0.699. The van der Waals surface area contributed by atoms with Crippen molar-refractivity contribution in [2.24, 2.45) is 0 Å². The Morgan fingerprint density at radius 2 is 2.58 bits per heavy atom. The van der Waals surface area contributed by atoms with Gasteiger partial charge in [-0.3, -0.25) is 0 Å². The van der Waals surface area contributed by atoms with Crippen molar-refractivity contribution in [2.45, 2.75) is 26.4 Å². The summed E-state index contributed by atoms with van der Waals surface area (Å²) in [7, 11) is 0. The molecule has 0 bridgehead atoms. The van der Waals surface area contributed by atoms with Crippen molar-refractivity contribution in [1.29, 1.82) is 0 Å². The monoisotopic (exact) mass is 168 g/mol. The highest BCUT2D eigenvalue weighted by atomic mass is 16.5. The van der Waals surface area contributed by atoms with Crippen molar-refractivity contribution in [2.75, 3.05) is 0 Å². The van der Waals surface area contributed by atoms with Crippen LogP contribution in [0.25, 0.3) is 0 Å². The van der Waals surface area contributed by atoms with Crippen molar-refractivity contribution in [1.82, 2.24) is 9.97 Å². The molecule has 0 aliphatic heterocycles. The van der Waals surface area contributed by atoms with Crippen LogP contribution in [0.4, 0.5) is 0 Å². The van der Waals surface area contributed by atoms with Crippen molar-refractivity contribution < 1.29 is 9.53 Å². The smallest absolute Gasteiger partial charge is 0.374 e. The van der Waals surface area contributed by atoms with Gasteiger partial charge in [0.1, 0.15) is 0 Å². The van der Waals surface area contributed by atoms with Gasteiger partial charge in [-0.2, -0.15) is 0 Å². The minimum Gasteiger partial charge on any atom is -0.457 e. The van der Waals surface area contributed by atoms with E-state index in [9.17, 15) is 4.79 Å². The van der Waals surface area contributed by atoms with Gasteiger partial charge in [0.15, 0.2) is 0 Å². The molecule has 1 rings (SSSR count). The summed E-state index contributed by atoms with van der Waals surface area (Å²) in [5, 5.41) is 0. The fraction of sp³-hybridized carbons (Fsp3) is 0.500. The molecule has 0 aromatic carbocycles. The Bertz CT molecular complexity index is 244. The number of nitrogens with zero attached hydrogens (tertiary/aromatic N) is 1. The van der Waals surface area contributed by atoms with E-state index in [0.717, 1.165) is 6.42 Å². The van der Waals surface area contributed by atoms with E-state index >= 15 is 0 Å². The normalized spacial score (nSPS) is 12.5. The van der Waals surface area contributed by atoms with E-state index in [1.807, 2.05) is 13.8 Å². The second-order valence-corrected chi connectivity index (χ2v) is 2.56. The molecule has 0 radical (unpaired) electrons. The number of imidazole rings is 1. The maximum Gasteiger partial charge on any atom is 0.374 e. The number of rotatable bonds is 3. The van der Waals surface area contributed by atoms with Crippen molar-refractivity contribution >= 4 is 5.97 Å². The van der Waals surface area contributed by atoms with E-state index in [1.54, 1.807) is 6.20 Å². The van der Waals surface area contributed by atoms with Crippen LogP contribution in [0, 0.1) is 0 Å². The van der Waals surface area contributed by atoms with Crippen LogP contribution in [-0.4, -0.2) is 22.0 Å². The van der Waals surface area contributed by atoms with Crippen LogP contribution < -0.4 is 0 Å².